The molecule has 0 saturated carbocycles. The molecule has 2 heterocycles. The fourth-order valence-electron chi connectivity index (χ4n) is 2.69. The molecule has 4 N–H and O–H groups in total. The van der Waals surface area contributed by atoms with Crippen molar-refractivity contribution in [3.05, 3.63) is 0 Å². The molecule has 2 rings (SSSR count). The Morgan fingerprint density at radius 3 is 2.30 bits per heavy atom. The van der Waals surface area contributed by atoms with Crippen molar-refractivity contribution in [1.82, 2.24) is 5.32 Å². The van der Waals surface area contributed by atoms with E-state index in [4.69, 9.17) is 14.2 Å². The number of amides is 1. The molecule has 20 heavy (non-hydrogen) atoms. The summed E-state index contributed by atoms with van der Waals surface area (Å²) < 4.78 is 16.7. The third kappa shape index (κ3) is 2.54. The molecule has 2 aliphatic rings. The maximum Gasteiger partial charge on any atom is 0.217 e. The van der Waals surface area contributed by atoms with Crippen LogP contribution in [-0.4, -0.2) is 70.4 Å². The lowest BCUT2D eigenvalue weighted by molar-refractivity contribution is -0.291. The number of carbonyl (C=O) groups excluding carboxylic acids is 1. The minimum atomic E-state index is -1.48. The number of nitrogens with one attached hydrogen (secondary N) is 1. The zero-order chi connectivity index (χ0) is 15.1. The van der Waals surface area contributed by atoms with Gasteiger partial charge in [-0.25, -0.2) is 0 Å². The topological polar surface area (TPSA) is 117 Å². The van der Waals surface area contributed by atoms with Crippen molar-refractivity contribution in [2.45, 2.75) is 56.7 Å². The zero-order valence-electron chi connectivity index (χ0n) is 11.7. The van der Waals surface area contributed by atoms with Crippen LogP contribution in [0.3, 0.4) is 0 Å². The number of fused-ring (bicyclic) bond motifs is 1. The zero-order valence-corrected chi connectivity index (χ0v) is 11.7. The summed E-state index contributed by atoms with van der Waals surface area (Å²) in [6.07, 6.45) is -2.97. The Balaban J connectivity index is 2.33. The first-order valence-corrected chi connectivity index (χ1v) is 6.45. The first kappa shape index (κ1) is 15.6. The fraction of sp³-hybridized carbons (Fsp3) is 0.917. The number of hydrogen-bond donors (Lipinski definition) is 4. The van der Waals surface area contributed by atoms with Crippen LogP contribution in [0.4, 0.5) is 0 Å². The highest BCUT2D eigenvalue weighted by Crippen LogP contribution is 2.41. The van der Waals surface area contributed by atoms with E-state index < -0.39 is 49.1 Å². The SMILES string of the molecule is CC(=O)N[C@H]1C(O)OC(CO)(CO)[C@@H]2OC(C)(C)O[C@@H]21. The summed E-state index contributed by atoms with van der Waals surface area (Å²) in [7, 11) is 0. The van der Waals surface area contributed by atoms with Crippen LogP contribution in [0.5, 0.6) is 0 Å². The summed E-state index contributed by atoms with van der Waals surface area (Å²) in [5.41, 5.74) is -1.48. The van der Waals surface area contributed by atoms with E-state index in [1.807, 2.05) is 0 Å². The second kappa shape index (κ2) is 5.21. The number of hydrogen-bond acceptors (Lipinski definition) is 7. The lowest BCUT2D eigenvalue weighted by Crippen LogP contribution is -2.69. The van der Waals surface area contributed by atoms with E-state index in [-0.39, 0.29) is 5.91 Å². The van der Waals surface area contributed by atoms with E-state index in [0.29, 0.717) is 0 Å². The second-order valence-corrected chi connectivity index (χ2v) is 5.64. The summed E-state index contributed by atoms with van der Waals surface area (Å²) in [6.45, 7) is 3.55. The van der Waals surface area contributed by atoms with Crippen LogP contribution >= 0.6 is 0 Å². The van der Waals surface area contributed by atoms with Crippen LogP contribution in [-0.2, 0) is 19.0 Å². The summed E-state index contributed by atoms with van der Waals surface area (Å²) in [5, 5.41) is 31.6. The van der Waals surface area contributed by atoms with E-state index in [9.17, 15) is 20.1 Å². The number of carbonyl (C=O) groups is 1. The molecular weight excluding hydrogens is 270 g/mol. The predicted octanol–water partition coefficient (Wildman–Crippen LogP) is -1.92. The van der Waals surface area contributed by atoms with Crippen LogP contribution in [0, 0.1) is 0 Å². The highest BCUT2D eigenvalue weighted by atomic mass is 16.8. The van der Waals surface area contributed by atoms with E-state index in [2.05, 4.69) is 5.32 Å². The summed E-state index contributed by atoms with van der Waals surface area (Å²) in [4.78, 5) is 11.2. The molecule has 1 amide bonds. The summed E-state index contributed by atoms with van der Waals surface area (Å²) in [6, 6.07) is -0.842. The fourth-order valence-corrected chi connectivity index (χ4v) is 2.69. The summed E-state index contributed by atoms with van der Waals surface area (Å²) >= 11 is 0. The molecule has 0 radical (unpaired) electrons. The van der Waals surface area contributed by atoms with Crippen LogP contribution in [0.25, 0.3) is 0 Å². The number of ether oxygens (including phenoxy) is 3. The van der Waals surface area contributed by atoms with Crippen molar-refractivity contribution >= 4 is 5.91 Å². The van der Waals surface area contributed by atoms with E-state index in [0.717, 1.165) is 0 Å². The molecule has 0 bridgehead atoms. The standard InChI is InChI=1S/C12H21NO7/c1-6(16)13-7-8-9(19-11(2,3)18-8)12(4-14,5-15)20-10(7)17/h7-10,14-15,17H,4-5H2,1-3H3,(H,13,16)/t7-,8-,9-,10?/m1/s1. The van der Waals surface area contributed by atoms with Crippen molar-refractivity contribution in [2.75, 3.05) is 13.2 Å². The lowest BCUT2D eigenvalue weighted by Gasteiger charge is -2.46. The van der Waals surface area contributed by atoms with Crippen LogP contribution in [0.1, 0.15) is 20.8 Å². The van der Waals surface area contributed by atoms with Gasteiger partial charge in [-0.05, 0) is 13.8 Å². The van der Waals surface area contributed by atoms with Gasteiger partial charge in [0.05, 0.1) is 13.2 Å². The number of aliphatic hydroxyl groups excluding tert-OH is 3. The number of aliphatic hydroxyl groups is 3. The average molecular weight is 291 g/mol. The van der Waals surface area contributed by atoms with E-state index >= 15 is 0 Å². The molecular formula is C12H21NO7. The van der Waals surface area contributed by atoms with Gasteiger partial charge in [-0.3, -0.25) is 4.79 Å². The van der Waals surface area contributed by atoms with Crippen molar-refractivity contribution < 1.29 is 34.3 Å². The van der Waals surface area contributed by atoms with Crippen LogP contribution < -0.4 is 5.32 Å². The Morgan fingerprint density at radius 2 is 1.80 bits per heavy atom. The van der Waals surface area contributed by atoms with Crippen molar-refractivity contribution in [1.29, 1.82) is 0 Å². The molecule has 116 valence electrons. The van der Waals surface area contributed by atoms with Gasteiger partial charge in [-0.15, -0.1) is 0 Å². The van der Waals surface area contributed by atoms with Crippen molar-refractivity contribution in [2.24, 2.45) is 0 Å². The molecule has 0 aromatic carbocycles. The van der Waals surface area contributed by atoms with Gasteiger partial charge < -0.3 is 34.8 Å². The molecule has 4 atom stereocenters. The molecule has 2 aliphatic heterocycles. The molecule has 1 unspecified atom stereocenters. The highest BCUT2D eigenvalue weighted by molar-refractivity contribution is 5.73. The van der Waals surface area contributed by atoms with Crippen molar-refractivity contribution in [3.8, 4) is 0 Å². The van der Waals surface area contributed by atoms with E-state index in [1.165, 1.54) is 6.92 Å². The highest BCUT2D eigenvalue weighted by Gasteiger charge is 2.61. The lowest BCUT2D eigenvalue weighted by atomic mass is 9.86. The summed E-state index contributed by atoms with van der Waals surface area (Å²) in [5.74, 6) is -1.33. The molecule has 2 fully saturated rings. The van der Waals surface area contributed by atoms with Gasteiger partial charge in [0.25, 0.3) is 0 Å². The van der Waals surface area contributed by atoms with Gasteiger partial charge in [-0.1, -0.05) is 0 Å². The van der Waals surface area contributed by atoms with Crippen molar-refractivity contribution in [3.63, 3.8) is 0 Å². The molecule has 0 aliphatic carbocycles. The van der Waals surface area contributed by atoms with Gasteiger partial charge in [0.2, 0.25) is 5.91 Å². The monoisotopic (exact) mass is 291 g/mol. The third-order valence-electron chi connectivity index (χ3n) is 3.57. The van der Waals surface area contributed by atoms with Gasteiger partial charge in [0.1, 0.15) is 23.9 Å². The molecule has 2 saturated heterocycles. The first-order valence-electron chi connectivity index (χ1n) is 6.45. The van der Waals surface area contributed by atoms with Crippen LogP contribution in [0.2, 0.25) is 0 Å². The Kier molecular flexibility index (Phi) is 4.07. The Morgan fingerprint density at radius 1 is 1.20 bits per heavy atom. The normalized spacial score (nSPS) is 38.3. The maximum atomic E-state index is 11.2. The number of rotatable bonds is 3. The Bertz CT molecular complexity index is 382. The van der Waals surface area contributed by atoms with Gasteiger partial charge in [0, 0.05) is 6.92 Å². The minimum absolute atomic E-state index is 0.356. The Labute approximate surface area is 116 Å². The third-order valence-corrected chi connectivity index (χ3v) is 3.57. The maximum absolute atomic E-state index is 11.2. The predicted molar refractivity (Wildman–Crippen MR) is 65.4 cm³/mol. The van der Waals surface area contributed by atoms with E-state index in [1.54, 1.807) is 13.8 Å². The van der Waals surface area contributed by atoms with Gasteiger partial charge >= 0.3 is 0 Å². The first-order chi connectivity index (χ1) is 9.24. The molecule has 0 spiro atoms. The quantitative estimate of drug-likeness (QED) is 0.479. The smallest absolute Gasteiger partial charge is 0.217 e. The van der Waals surface area contributed by atoms with Crippen LogP contribution in [0.15, 0.2) is 0 Å². The molecule has 0 aromatic rings. The molecule has 0 aromatic heterocycles. The average Bonchev–Trinajstić information content (AvgIpc) is 2.68. The largest absolute Gasteiger partial charge is 0.393 e. The van der Waals surface area contributed by atoms with Gasteiger partial charge in [0.15, 0.2) is 12.1 Å². The molecule has 8 nitrogen and oxygen atoms in total. The minimum Gasteiger partial charge on any atom is -0.393 e. The second-order valence-electron chi connectivity index (χ2n) is 5.64. The van der Waals surface area contributed by atoms with Gasteiger partial charge in [-0.2, -0.15) is 0 Å². The molecule has 8 heteroatoms. The Hall–Kier alpha value is -0.770.